The summed E-state index contributed by atoms with van der Waals surface area (Å²) in [5, 5.41) is 3.15. The molecule has 0 unspecified atom stereocenters. The Morgan fingerprint density at radius 1 is 1.09 bits per heavy atom. The van der Waals surface area contributed by atoms with E-state index in [1.54, 1.807) is 18.5 Å². The van der Waals surface area contributed by atoms with Gasteiger partial charge in [-0.3, -0.25) is 14.8 Å². The van der Waals surface area contributed by atoms with E-state index in [0.29, 0.717) is 17.2 Å². The van der Waals surface area contributed by atoms with E-state index < -0.39 is 0 Å². The lowest BCUT2D eigenvalue weighted by Crippen LogP contribution is -2.15. The zero-order valence-corrected chi connectivity index (χ0v) is 13.3. The first kappa shape index (κ1) is 15.0. The summed E-state index contributed by atoms with van der Waals surface area (Å²) in [4.78, 5) is 23.7. The van der Waals surface area contributed by atoms with Crippen LogP contribution in [0.15, 0.2) is 47.5 Å². The van der Waals surface area contributed by atoms with E-state index in [1.165, 1.54) is 11.1 Å². The Labute approximate surface area is 134 Å². The zero-order valence-electron chi connectivity index (χ0n) is 13.3. The second-order valence-electron chi connectivity index (χ2n) is 5.54. The molecule has 0 aliphatic carbocycles. The van der Waals surface area contributed by atoms with Crippen LogP contribution in [-0.4, -0.2) is 15.0 Å². The average Bonchev–Trinajstić information content (AvgIpc) is 2.51. The van der Waals surface area contributed by atoms with Gasteiger partial charge in [-0.2, -0.15) is 0 Å². The van der Waals surface area contributed by atoms with E-state index in [4.69, 9.17) is 0 Å². The molecule has 0 spiro atoms. The summed E-state index contributed by atoms with van der Waals surface area (Å²) in [7, 11) is 0. The normalized spacial score (nSPS) is 10.6. The van der Waals surface area contributed by atoms with Crippen LogP contribution in [0.5, 0.6) is 0 Å². The highest BCUT2D eigenvalue weighted by Gasteiger charge is 2.10. The number of nitrogens with zero attached hydrogens (tertiary/aromatic N) is 2. The predicted molar refractivity (Wildman–Crippen MR) is 92.0 cm³/mol. The molecule has 0 atom stereocenters. The second-order valence-corrected chi connectivity index (χ2v) is 5.54. The van der Waals surface area contributed by atoms with Gasteiger partial charge in [-0.15, -0.1) is 0 Å². The molecule has 3 rings (SSSR count). The van der Waals surface area contributed by atoms with Gasteiger partial charge < -0.3 is 5.32 Å². The number of pyridine rings is 1. The molecule has 2 aromatic heterocycles. The Balaban J connectivity index is 1.97. The van der Waals surface area contributed by atoms with Crippen molar-refractivity contribution in [3.05, 3.63) is 69.9 Å². The standard InChI is InChI=1S/C18H18N4O/c1-11-6-7-15(9-12(11)2)21-18-20-13(3)16(17(23)22-18)14-5-4-8-19-10-14/h4-10H,1-3H3,(H2,20,21,22,23). The highest BCUT2D eigenvalue weighted by Crippen LogP contribution is 2.20. The summed E-state index contributed by atoms with van der Waals surface area (Å²) in [5.74, 6) is 0.434. The van der Waals surface area contributed by atoms with Crippen molar-refractivity contribution in [2.24, 2.45) is 0 Å². The maximum atomic E-state index is 12.4. The molecule has 0 saturated heterocycles. The molecule has 5 heteroatoms. The minimum Gasteiger partial charge on any atom is -0.326 e. The zero-order chi connectivity index (χ0) is 16.4. The van der Waals surface area contributed by atoms with Gasteiger partial charge >= 0.3 is 0 Å². The number of hydrogen-bond donors (Lipinski definition) is 2. The minimum absolute atomic E-state index is 0.183. The monoisotopic (exact) mass is 306 g/mol. The number of nitrogens with one attached hydrogen (secondary N) is 2. The molecule has 5 nitrogen and oxygen atoms in total. The number of aromatic nitrogens is 3. The first-order valence-electron chi connectivity index (χ1n) is 7.40. The van der Waals surface area contributed by atoms with E-state index >= 15 is 0 Å². The Hall–Kier alpha value is -2.95. The van der Waals surface area contributed by atoms with Gasteiger partial charge in [-0.1, -0.05) is 12.1 Å². The van der Waals surface area contributed by atoms with Crippen molar-refractivity contribution in [1.29, 1.82) is 0 Å². The fourth-order valence-corrected chi connectivity index (χ4v) is 2.45. The largest absolute Gasteiger partial charge is 0.326 e. The van der Waals surface area contributed by atoms with Gasteiger partial charge in [0.1, 0.15) is 0 Å². The highest BCUT2D eigenvalue weighted by atomic mass is 16.1. The van der Waals surface area contributed by atoms with Gasteiger partial charge in [0.15, 0.2) is 0 Å². The van der Waals surface area contributed by atoms with Crippen LogP contribution in [0.1, 0.15) is 16.8 Å². The third kappa shape index (κ3) is 3.13. The van der Waals surface area contributed by atoms with Gasteiger partial charge in [-0.05, 0) is 50.1 Å². The molecule has 3 aromatic rings. The predicted octanol–water partition coefficient (Wildman–Crippen LogP) is 3.50. The minimum atomic E-state index is -0.183. The van der Waals surface area contributed by atoms with Crippen LogP contribution in [0.4, 0.5) is 11.6 Å². The van der Waals surface area contributed by atoms with Gasteiger partial charge in [-0.25, -0.2) is 4.98 Å². The Kier molecular flexibility index (Phi) is 3.93. The number of benzene rings is 1. The van der Waals surface area contributed by atoms with E-state index in [1.807, 2.05) is 38.1 Å². The number of rotatable bonds is 3. The number of hydrogen-bond acceptors (Lipinski definition) is 4. The van der Waals surface area contributed by atoms with Crippen LogP contribution in [0.3, 0.4) is 0 Å². The fourth-order valence-electron chi connectivity index (χ4n) is 2.45. The molecule has 0 amide bonds. The molecule has 23 heavy (non-hydrogen) atoms. The van der Waals surface area contributed by atoms with Crippen molar-refractivity contribution in [2.45, 2.75) is 20.8 Å². The summed E-state index contributed by atoms with van der Waals surface area (Å²) in [6.07, 6.45) is 3.34. The lowest BCUT2D eigenvalue weighted by molar-refractivity contribution is 1.07. The molecular weight excluding hydrogens is 288 g/mol. The summed E-state index contributed by atoms with van der Waals surface area (Å²) in [6.45, 7) is 5.93. The van der Waals surface area contributed by atoms with Gasteiger partial charge in [0.25, 0.3) is 5.56 Å². The quantitative estimate of drug-likeness (QED) is 0.777. The van der Waals surface area contributed by atoms with Gasteiger partial charge in [0, 0.05) is 23.6 Å². The van der Waals surface area contributed by atoms with Gasteiger partial charge in [0.2, 0.25) is 5.95 Å². The highest BCUT2D eigenvalue weighted by molar-refractivity contribution is 5.65. The number of aromatic amines is 1. The lowest BCUT2D eigenvalue weighted by Gasteiger charge is -2.10. The summed E-state index contributed by atoms with van der Waals surface area (Å²) in [5.41, 5.74) is 5.08. The Morgan fingerprint density at radius 3 is 2.57 bits per heavy atom. The first-order valence-corrected chi connectivity index (χ1v) is 7.40. The van der Waals surface area contributed by atoms with Crippen LogP contribution in [0.2, 0.25) is 0 Å². The van der Waals surface area contributed by atoms with Crippen molar-refractivity contribution in [3.63, 3.8) is 0 Å². The molecule has 0 bridgehead atoms. The van der Waals surface area contributed by atoms with Crippen molar-refractivity contribution in [2.75, 3.05) is 5.32 Å². The van der Waals surface area contributed by atoms with Gasteiger partial charge in [0.05, 0.1) is 11.3 Å². The molecule has 116 valence electrons. The van der Waals surface area contributed by atoms with Crippen molar-refractivity contribution >= 4 is 11.6 Å². The average molecular weight is 306 g/mol. The molecule has 2 N–H and O–H groups in total. The molecule has 0 aliphatic rings. The second kappa shape index (κ2) is 6.04. The molecule has 2 heterocycles. The summed E-state index contributed by atoms with van der Waals surface area (Å²) >= 11 is 0. The van der Waals surface area contributed by atoms with E-state index in [-0.39, 0.29) is 5.56 Å². The summed E-state index contributed by atoms with van der Waals surface area (Å²) in [6, 6.07) is 9.68. The Morgan fingerprint density at radius 2 is 1.91 bits per heavy atom. The topological polar surface area (TPSA) is 70.7 Å². The van der Waals surface area contributed by atoms with Crippen LogP contribution in [0.25, 0.3) is 11.1 Å². The van der Waals surface area contributed by atoms with Crippen LogP contribution in [0, 0.1) is 20.8 Å². The van der Waals surface area contributed by atoms with Crippen molar-refractivity contribution < 1.29 is 0 Å². The molecule has 0 aliphatic heterocycles. The molecule has 0 saturated carbocycles. The van der Waals surface area contributed by atoms with Crippen molar-refractivity contribution in [1.82, 2.24) is 15.0 Å². The molecule has 1 aromatic carbocycles. The number of H-pyrrole nitrogens is 1. The smallest absolute Gasteiger partial charge is 0.260 e. The molecule has 0 radical (unpaired) electrons. The SMILES string of the molecule is Cc1ccc(Nc2nc(C)c(-c3cccnc3)c(=O)[nH]2)cc1C. The van der Waals surface area contributed by atoms with Crippen LogP contribution >= 0.6 is 0 Å². The third-order valence-electron chi connectivity index (χ3n) is 3.82. The van der Waals surface area contributed by atoms with E-state index in [2.05, 4.69) is 27.2 Å². The van der Waals surface area contributed by atoms with Crippen molar-refractivity contribution in [3.8, 4) is 11.1 Å². The Bertz CT molecular complexity index is 901. The number of aryl methyl sites for hydroxylation is 3. The van der Waals surface area contributed by atoms with E-state index in [9.17, 15) is 4.79 Å². The maximum absolute atomic E-state index is 12.4. The number of anilines is 2. The first-order chi connectivity index (χ1) is 11.0. The summed E-state index contributed by atoms with van der Waals surface area (Å²) < 4.78 is 0. The maximum Gasteiger partial charge on any atom is 0.260 e. The van der Waals surface area contributed by atoms with Crippen LogP contribution in [-0.2, 0) is 0 Å². The third-order valence-corrected chi connectivity index (χ3v) is 3.82. The lowest BCUT2D eigenvalue weighted by atomic mass is 10.1. The fraction of sp³-hybridized carbons (Fsp3) is 0.167. The van der Waals surface area contributed by atoms with Crippen LogP contribution < -0.4 is 10.9 Å². The molecule has 0 fully saturated rings. The van der Waals surface area contributed by atoms with E-state index in [0.717, 1.165) is 11.3 Å². The molecular formula is C18H18N4O.